The molecule has 1 aromatic carbocycles. The first-order chi connectivity index (χ1) is 11.6. The van der Waals surface area contributed by atoms with Gasteiger partial charge in [0.25, 0.3) is 0 Å². The summed E-state index contributed by atoms with van der Waals surface area (Å²) in [7, 11) is 1.51. The number of methoxy groups -OCH3 is 1. The van der Waals surface area contributed by atoms with Crippen molar-refractivity contribution in [3.63, 3.8) is 0 Å². The van der Waals surface area contributed by atoms with E-state index < -0.39 is 0 Å². The van der Waals surface area contributed by atoms with Crippen LogP contribution in [-0.2, 0) is 0 Å². The normalized spacial score (nSPS) is 15.9. The maximum absolute atomic E-state index is 10.2. The molecule has 0 spiro atoms. The Hall–Kier alpha value is -1.67. The van der Waals surface area contributed by atoms with E-state index in [0.717, 1.165) is 23.1 Å². The third-order valence-corrected chi connectivity index (χ3v) is 4.97. The number of aromatic hydroxyl groups is 1. The van der Waals surface area contributed by atoms with Crippen LogP contribution >= 0.6 is 28.1 Å². The van der Waals surface area contributed by atoms with Gasteiger partial charge < -0.3 is 9.84 Å². The first kappa shape index (κ1) is 17.2. The van der Waals surface area contributed by atoms with Gasteiger partial charge in [-0.25, -0.2) is 0 Å². The molecule has 128 valence electrons. The zero-order valence-corrected chi connectivity index (χ0v) is 15.7. The van der Waals surface area contributed by atoms with Gasteiger partial charge in [0.05, 0.1) is 13.3 Å². The molecule has 1 fully saturated rings. The van der Waals surface area contributed by atoms with E-state index in [9.17, 15) is 5.11 Å². The fraction of sp³-hybridized carbons (Fsp3) is 0.438. The summed E-state index contributed by atoms with van der Waals surface area (Å²) in [6.07, 6.45) is 7.46. The largest absolute Gasteiger partial charge is 0.504 e. The molecule has 1 aliphatic rings. The molecule has 2 aromatic rings. The molecule has 0 saturated heterocycles. The lowest BCUT2D eigenvalue weighted by Gasteiger charge is -2.19. The number of aromatic nitrogens is 3. The van der Waals surface area contributed by atoms with Crippen LogP contribution in [0.4, 0.5) is 0 Å². The molecule has 2 N–H and O–H groups in total. The quantitative estimate of drug-likeness (QED) is 0.580. The lowest BCUT2D eigenvalue weighted by molar-refractivity contribution is 0.373. The van der Waals surface area contributed by atoms with Crippen LogP contribution in [0, 0.1) is 4.77 Å². The molecular weight excluding hydrogens is 392 g/mol. The van der Waals surface area contributed by atoms with Crippen LogP contribution in [-0.4, -0.2) is 33.3 Å². The number of benzene rings is 1. The number of phenols is 1. The molecular formula is C16H19BrN4O2S. The van der Waals surface area contributed by atoms with E-state index in [4.69, 9.17) is 17.0 Å². The number of nitrogens with zero attached hydrogens (tertiary/aromatic N) is 3. The van der Waals surface area contributed by atoms with Crippen LogP contribution < -0.4 is 4.74 Å². The van der Waals surface area contributed by atoms with Gasteiger partial charge in [-0.3, -0.25) is 5.10 Å². The van der Waals surface area contributed by atoms with Crippen molar-refractivity contribution in [2.45, 2.75) is 38.0 Å². The van der Waals surface area contributed by atoms with E-state index in [1.165, 1.54) is 26.4 Å². The van der Waals surface area contributed by atoms with E-state index in [2.05, 4.69) is 31.2 Å². The summed E-state index contributed by atoms with van der Waals surface area (Å²) < 4.78 is 8.06. The topological polar surface area (TPSA) is 75.4 Å². The van der Waals surface area contributed by atoms with E-state index >= 15 is 0 Å². The molecule has 0 amide bonds. The van der Waals surface area contributed by atoms with Gasteiger partial charge in [-0.05, 0) is 37.2 Å². The Kier molecular flexibility index (Phi) is 5.35. The fourth-order valence-electron chi connectivity index (χ4n) is 3.01. The van der Waals surface area contributed by atoms with Crippen LogP contribution in [0.2, 0.25) is 0 Å². The zero-order valence-electron chi connectivity index (χ0n) is 13.3. The van der Waals surface area contributed by atoms with Gasteiger partial charge in [0.2, 0.25) is 4.77 Å². The molecule has 0 aliphatic heterocycles. The van der Waals surface area contributed by atoms with Gasteiger partial charge >= 0.3 is 0 Å². The molecule has 1 aliphatic carbocycles. The highest BCUT2D eigenvalue weighted by molar-refractivity contribution is 9.10. The predicted octanol–water partition coefficient (Wildman–Crippen LogP) is 4.35. The highest BCUT2D eigenvalue weighted by atomic mass is 79.9. The Bertz CT molecular complexity index is 809. The summed E-state index contributed by atoms with van der Waals surface area (Å²) in [6, 6.07) is 3.47. The summed E-state index contributed by atoms with van der Waals surface area (Å²) in [5.74, 6) is 1.65. The molecule has 0 atom stereocenters. The molecule has 1 heterocycles. The SMILES string of the molecule is COc1cc(Br)cc(/C=N\n2c(C3CCCCC3)n[nH]c2=S)c1O. The van der Waals surface area contributed by atoms with Gasteiger partial charge in [-0.2, -0.15) is 14.9 Å². The van der Waals surface area contributed by atoms with Crippen molar-refractivity contribution in [1.29, 1.82) is 0 Å². The Morgan fingerprint density at radius 1 is 1.42 bits per heavy atom. The van der Waals surface area contributed by atoms with Gasteiger partial charge in [0.1, 0.15) is 0 Å². The average molecular weight is 411 g/mol. The Labute approximate surface area is 153 Å². The van der Waals surface area contributed by atoms with Gasteiger partial charge in [0.15, 0.2) is 17.3 Å². The minimum atomic E-state index is 0.0404. The van der Waals surface area contributed by atoms with Crippen LogP contribution in [0.3, 0.4) is 0 Å². The first-order valence-corrected chi connectivity index (χ1v) is 9.08. The van der Waals surface area contributed by atoms with Crippen molar-refractivity contribution < 1.29 is 9.84 Å². The second-order valence-electron chi connectivity index (χ2n) is 5.82. The van der Waals surface area contributed by atoms with Gasteiger partial charge in [-0.1, -0.05) is 35.2 Å². The lowest BCUT2D eigenvalue weighted by Crippen LogP contribution is -2.10. The van der Waals surface area contributed by atoms with Crippen molar-refractivity contribution >= 4 is 34.4 Å². The molecule has 1 aromatic heterocycles. The summed E-state index contributed by atoms with van der Waals surface area (Å²) >= 11 is 8.70. The molecule has 8 heteroatoms. The van der Waals surface area contributed by atoms with E-state index in [1.807, 2.05) is 0 Å². The van der Waals surface area contributed by atoms with E-state index in [0.29, 0.717) is 22.0 Å². The van der Waals surface area contributed by atoms with Gasteiger partial charge in [-0.15, -0.1) is 0 Å². The van der Waals surface area contributed by atoms with Crippen molar-refractivity contribution in [2.24, 2.45) is 5.10 Å². The summed E-state index contributed by atoms with van der Waals surface area (Å²) in [6.45, 7) is 0. The minimum absolute atomic E-state index is 0.0404. The maximum Gasteiger partial charge on any atom is 0.216 e. The number of nitrogens with one attached hydrogen (secondary N) is 1. The summed E-state index contributed by atoms with van der Waals surface area (Å²) in [4.78, 5) is 0. The molecule has 1 saturated carbocycles. The van der Waals surface area contributed by atoms with Crippen LogP contribution in [0.25, 0.3) is 0 Å². The fourth-order valence-corrected chi connectivity index (χ4v) is 3.65. The van der Waals surface area contributed by atoms with Crippen LogP contribution in [0.15, 0.2) is 21.7 Å². The number of hydrogen-bond acceptors (Lipinski definition) is 5. The Morgan fingerprint density at radius 2 is 2.17 bits per heavy atom. The minimum Gasteiger partial charge on any atom is -0.504 e. The highest BCUT2D eigenvalue weighted by Gasteiger charge is 2.21. The number of ether oxygens (including phenoxy) is 1. The number of phenolic OH excluding ortho intramolecular Hbond substituents is 1. The molecule has 0 unspecified atom stereocenters. The summed E-state index contributed by atoms with van der Waals surface area (Å²) in [5, 5.41) is 21.9. The standard InChI is InChI=1S/C16H19BrN4O2S/c1-23-13-8-12(17)7-11(14(13)22)9-18-21-15(19-20-16(21)24)10-5-3-2-4-6-10/h7-10,22H,2-6H2,1H3,(H,20,24)/b18-9-. The molecule has 3 rings (SSSR count). The number of aromatic amines is 1. The second kappa shape index (κ2) is 7.48. The highest BCUT2D eigenvalue weighted by Crippen LogP contribution is 2.33. The van der Waals surface area contributed by atoms with Crippen molar-refractivity contribution in [3.8, 4) is 11.5 Å². The van der Waals surface area contributed by atoms with Crippen molar-refractivity contribution in [3.05, 3.63) is 32.8 Å². The third-order valence-electron chi connectivity index (χ3n) is 4.25. The van der Waals surface area contributed by atoms with E-state index in [-0.39, 0.29) is 5.75 Å². The first-order valence-electron chi connectivity index (χ1n) is 7.88. The van der Waals surface area contributed by atoms with Crippen molar-refractivity contribution in [2.75, 3.05) is 7.11 Å². The van der Waals surface area contributed by atoms with E-state index in [1.54, 1.807) is 23.0 Å². The van der Waals surface area contributed by atoms with Crippen molar-refractivity contribution in [1.82, 2.24) is 14.9 Å². The smallest absolute Gasteiger partial charge is 0.216 e. The van der Waals surface area contributed by atoms with Crippen LogP contribution in [0.1, 0.15) is 49.4 Å². The monoisotopic (exact) mass is 410 g/mol. The van der Waals surface area contributed by atoms with Gasteiger partial charge in [0, 0.05) is 16.0 Å². The predicted molar refractivity (Wildman–Crippen MR) is 98.6 cm³/mol. The summed E-state index contributed by atoms with van der Waals surface area (Å²) in [5.41, 5.74) is 0.541. The third kappa shape index (κ3) is 3.54. The number of halogens is 1. The molecule has 6 nitrogen and oxygen atoms in total. The average Bonchev–Trinajstić information content (AvgIpc) is 2.96. The molecule has 0 bridgehead atoms. The molecule has 24 heavy (non-hydrogen) atoms. The van der Waals surface area contributed by atoms with Crippen LogP contribution in [0.5, 0.6) is 11.5 Å². The zero-order chi connectivity index (χ0) is 17.1. The lowest BCUT2D eigenvalue weighted by atomic mass is 9.89. The second-order valence-corrected chi connectivity index (χ2v) is 7.13. The Balaban J connectivity index is 1.94. The Morgan fingerprint density at radius 3 is 2.88 bits per heavy atom. The maximum atomic E-state index is 10.2. The molecule has 0 radical (unpaired) electrons. The number of H-pyrrole nitrogens is 1. The number of hydrogen-bond donors (Lipinski definition) is 2. The number of rotatable bonds is 4.